The first-order valence-electron chi connectivity index (χ1n) is 16.9. The highest BCUT2D eigenvalue weighted by molar-refractivity contribution is 6.12. The first-order valence-corrected chi connectivity index (χ1v) is 16.9. The SMILES string of the molecule is c1ccc2c(c#1)c1ccc(-c3ccc4c(c3)c3ccccc3n4-c3ccccc3)cc1n2-c1cc(-c2ccccc2)cc(-c2ccccc2)n1. The molecular weight excluding hydrogens is 607 g/mol. The number of rotatable bonds is 5. The van der Waals surface area contributed by atoms with Crippen LogP contribution in [-0.2, 0) is 0 Å². The predicted molar refractivity (Wildman–Crippen MR) is 207 cm³/mol. The monoisotopic (exact) mass is 635 g/mol. The van der Waals surface area contributed by atoms with Gasteiger partial charge in [-0.1, -0.05) is 127 Å². The first-order chi connectivity index (χ1) is 24.8. The molecule has 0 saturated heterocycles. The third kappa shape index (κ3) is 4.51. The quantitative estimate of drug-likeness (QED) is 0.184. The summed E-state index contributed by atoms with van der Waals surface area (Å²) in [7, 11) is 0. The van der Waals surface area contributed by atoms with Crippen molar-refractivity contribution in [3.05, 3.63) is 188 Å². The largest absolute Gasteiger partial charge is 0.309 e. The molecule has 0 atom stereocenters. The number of fused-ring (bicyclic) bond motifs is 6. The molecule has 3 aromatic heterocycles. The van der Waals surface area contributed by atoms with E-state index in [2.05, 4.69) is 185 Å². The minimum absolute atomic E-state index is 0.864. The fourth-order valence-corrected chi connectivity index (χ4v) is 7.45. The van der Waals surface area contributed by atoms with Crippen molar-refractivity contribution in [1.29, 1.82) is 0 Å². The van der Waals surface area contributed by atoms with Crippen molar-refractivity contribution in [3.63, 3.8) is 0 Å². The van der Waals surface area contributed by atoms with Crippen molar-refractivity contribution in [1.82, 2.24) is 14.1 Å². The van der Waals surface area contributed by atoms with Crippen molar-refractivity contribution in [2.75, 3.05) is 0 Å². The summed E-state index contributed by atoms with van der Waals surface area (Å²) in [5, 5.41) is 4.62. The second-order valence-corrected chi connectivity index (χ2v) is 12.7. The van der Waals surface area contributed by atoms with Crippen LogP contribution in [0.2, 0.25) is 0 Å². The summed E-state index contributed by atoms with van der Waals surface area (Å²) in [6.07, 6.45) is 0. The minimum atomic E-state index is 0.864. The summed E-state index contributed by atoms with van der Waals surface area (Å²) in [5.74, 6) is 0.864. The molecule has 232 valence electrons. The second kappa shape index (κ2) is 11.4. The Balaban J connectivity index is 1.20. The van der Waals surface area contributed by atoms with Gasteiger partial charge in [-0.25, -0.2) is 4.98 Å². The van der Waals surface area contributed by atoms with Crippen LogP contribution in [0.5, 0.6) is 0 Å². The molecule has 0 radical (unpaired) electrons. The molecule has 7 aromatic carbocycles. The van der Waals surface area contributed by atoms with Crippen LogP contribution in [0.4, 0.5) is 0 Å². The molecule has 10 aromatic rings. The Morgan fingerprint density at radius 2 is 1.08 bits per heavy atom. The summed E-state index contributed by atoms with van der Waals surface area (Å²) in [5.41, 5.74) is 12.3. The van der Waals surface area contributed by atoms with Crippen LogP contribution in [-0.4, -0.2) is 14.1 Å². The highest BCUT2D eigenvalue weighted by atomic mass is 15.1. The van der Waals surface area contributed by atoms with Gasteiger partial charge in [-0.05, 0) is 82.9 Å². The maximum absolute atomic E-state index is 5.32. The summed E-state index contributed by atoms with van der Waals surface area (Å²) < 4.78 is 4.65. The molecule has 3 nitrogen and oxygen atoms in total. The molecule has 3 heterocycles. The van der Waals surface area contributed by atoms with Crippen molar-refractivity contribution >= 4 is 43.6 Å². The normalized spacial score (nSPS) is 11.4. The fraction of sp³-hybridized carbons (Fsp3) is 0. The van der Waals surface area contributed by atoms with Gasteiger partial charge in [0.15, 0.2) is 0 Å². The number of para-hydroxylation sites is 2. The molecule has 0 bridgehead atoms. The molecule has 0 N–H and O–H groups in total. The van der Waals surface area contributed by atoms with E-state index in [9.17, 15) is 0 Å². The Labute approximate surface area is 290 Å². The van der Waals surface area contributed by atoms with E-state index < -0.39 is 0 Å². The lowest BCUT2D eigenvalue weighted by Crippen LogP contribution is -2.00. The molecular formula is C47H29N3. The third-order valence-corrected chi connectivity index (χ3v) is 9.76. The maximum atomic E-state index is 5.32. The third-order valence-electron chi connectivity index (χ3n) is 9.76. The van der Waals surface area contributed by atoms with E-state index in [1.54, 1.807) is 0 Å². The highest BCUT2D eigenvalue weighted by Crippen LogP contribution is 2.38. The summed E-state index contributed by atoms with van der Waals surface area (Å²) in [4.78, 5) is 5.32. The van der Waals surface area contributed by atoms with Crippen LogP contribution < -0.4 is 0 Å². The van der Waals surface area contributed by atoms with Crippen LogP contribution in [0, 0.1) is 12.1 Å². The van der Waals surface area contributed by atoms with Gasteiger partial charge in [-0.15, -0.1) is 0 Å². The maximum Gasteiger partial charge on any atom is 0.138 e. The molecule has 3 heteroatoms. The van der Waals surface area contributed by atoms with Crippen LogP contribution in [0.3, 0.4) is 0 Å². The Kier molecular flexibility index (Phi) is 6.40. The molecule has 0 spiro atoms. The van der Waals surface area contributed by atoms with Gasteiger partial charge < -0.3 is 4.57 Å². The molecule has 0 amide bonds. The van der Waals surface area contributed by atoms with Gasteiger partial charge >= 0.3 is 0 Å². The zero-order valence-electron chi connectivity index (χ0n) is 27.1. The van der Waals surface area contributed by atoms with Crippen molar-refractivity contribution in [2.24, 2.45) is 0 Å². The van der Waals surface area contributed by atoms with Gasteiger partial charge in [0.1, 0.15) is 5.82 Å². The van der Waals surface area contributed by atoms with Gasteiger partial charge in [0.25, 0.3) is 0 Å². The van der Waals surface area contributed by atoms with E-state index in [1.807, 2.05) is 12.1 Å². The van der Waals surface area contributed by atoms with E-state index >= 15 is 0 Å². The van der Waals surface area contributed by atoms with E-state index in [0.29, 0.717) is 0 Å². The summed E-state index contributed by atoms with van der Waals surface area (Å²) in [6, 6.07) is 68.9. The highest BCUT2D eigenvalue weighted by Gasteiger charge is 2.18. The van der Waals surface area contributed by atoms with Crippen LogP contribution >= 0.6 is 0 Å². The fourth-order valence-electron chi connectivity index (χ4n) is 7.45. The van der Waals surface area contributed by atoms with Crippen LogP contribution in [0.15, 0.2) is 176 Å². The molecule has 50 heavy (non-hydrogen) atoms. The van der Waals surface area contributed by atoms with Gasteiger partial charge in [0, 0.05) is 27.4 Å². The Morgan fingerprint density at radius 1 is 0.400 bits per heavy atom. The first kappa shape index (κ1) is 28.2. The standard InChI is InChI=1S/C47H29N3/c1-4-14-32(15-5-1)36-29-42(33-16-6-2-7-17-33)48-47(31-36)50-44-23-13-10-20-38(44)40-26-24-35(30-46(40)50)34-25-27-45-41(28-34)39-21-11-12-22-43(39)49(45)37-18-8-3-9-19-37/h1-9,11-19,21-31H. The number of pyridine rings is 1. The minimum Gasteiger partial charge on any atom is -0.309 e. The molecule has 0 aliphatic rings. The summed E-state index contributed by atoms with van der Waals surface area (Å²) in [6.45, 7) is 0. The topological polar surface area (TPSA) is 22.8 Å². The zero-order chi connectivity index (χ0) is 33.0. The average molecular weight is 636 g/mol. The smallest absolute Gasteiger partial charge is 0.138 e. The number of hydrogen-bond donors (Lipinski definition) is 0. The average Bonchev–Trinajstić information content (AvgIpc) is 3.71. The molecule has 10 rings (SSSR count). The number of benzene rings is 6. The zero-order valence-corrected chi connectivity index (χ0v) is 27.1. The predicted octanol–water partition coefficient (Wildman–Crippen LogP) is 11.9. The van der Waals surface area contributed by atoms with Gasteiger partial charge in [-0.3, -0.25) is 4.57 Å². The second-order valence-electron chi connectivity index (χ2n) is 12.7. The van der Waals surface area contributed by atoms with E-state index in [0.717, 1.165) is 61.3 Å². The Bertz CT molecular complexity index is 2790. The van der Waals surface area contributed by atoms with Gasteiger partial charge in [0.2, 0.25) is 0 Å². The van der Waals surface area contributed by atoms with Crippen LogP contribution in [0.1, 0.15) is 0 Å². The lowest BCUT2D eigenvalue weighted by Gasteiger charge is -2.13. The van der Waals surface area contributed by atoms with Gasteiger partial charge in [0.05, 0.1) is 33.1 Å². The van der Waals surface area contributed by atoms with Gasteiger partial charge in [-0.2, -0.15) is 0 Å². The van der Waals surface area contributed by atoms with Crippen LogP contribution in [0.25, 0.3) is 88.6 Å². The molecule has 0 aliphatic carbocycles. The molecule has 0 aliphatic heterocycles. The number of nitrogens with zero attached hydrogens (tertiary/aromatic N) is 3. The lowest BCUT2D eigenvalue weighted by molar-refractivity contribution is 1.08. The van der Waals surface area contributed by atoms with Crippen molar-refractivity contribution in [3.8, 4) is 45.0 Å². The number of aromatic nitrogens is 3. The Hall–Kier alpha value is -6.89. The Morgan fingerprint density at radius 3 is 1.90 bits per heavy atom. The molecule has 0 unspecified atom stereocenters. The lowest BCUT2D eigenvalue weighted by atomic mass is 10.0. The molecule has 0 fully saturated rings. The van der Waals surface area contributed by atoms with E-state index in [4.69, 9.17) is 4.98 Å². The summed E-state index contributed by atoms with van der Waals surface area (Å²) >= 11 is 0. The molecule has 0 saturated carbocycles. The number of hydrogen-bond acceptors (Lipinski definition) is 1. The van der Waals surface area contributed by atoms with Crippen molar-refractivity contribution in [2.45, 2.75) is 0 Å². The van der Waals surface area contributed by atoms with Crippen molar-refractivity contribution < 1.29 is 0 Å². The van der Waals surface area contributed by atoms with E-state index in [1.165, 1.54) is 27.4 Å². The van der Waals surface area contributed by atoms with E-state index in [-0.39, 0.29) is 0 Å².